The molecule has 0 N–H and O–H groups in total. The SMILES string of the molecule is COc1cc(N(Cc2ccccc2)Cc2ccccc2)ccc1/C=N/N(c1ccccc1)c1ccccc1. The number of nitrogens with zero attached hydrogens (tertiary/aromatic N) is 3. The van der Waals surface area contributed by atoms with Crippen LogP contribution in [0.15, 0.2) is 145 Å². The minimum Gasteiger partial charge on any atom is -0.496 e. The van der Waals surface area contributed by atoms with E-state index < -0.39 is 0 Å². The summed E-state index contributed by atoms with van der Waals surface area (Å²) in [4.78, 5) is 2.37. The van der Waals surface area contributed by atoms with Gasteiger partial charge in [-0.1, -0.05) is 97.1 Å². The van der Waals surface area contributed by atoms with Gasteiger partial charge in [0.1, 0.15) is 5.75 Å². The molecule has 4 nitrogen and oxygen atoms in total. The Morgan fingerprint density at radius 1 is 0.579 bits per heavy atom. The molecule has 0 amide bonds. The molecule has 0 spiro atoms. The fraction of sp³-hybridized carbons (Fsp3) is 0.0882. The van der Waals surface area contributed by atoms with Crippen LogP contribution >= 0.6 is 0 Å². The zero-order chi connectivity index (χ0) is 26.0. The summed E-state index contributed by atoms with van der Waals surface area (Å²) in [5.41, 5.74) is 6.50. The van der Waals surface area contributed by atoms with Gasteiger partial charge in [0.25, 0.3) is 0 Å². The largest absolute Gasteiger partial charge is 0.496 e. The molecule has 0 aliphatic rings. The molecule has 4 heteroatoms. The molecule has 0 saturated carbocycles. The first kappa shape index (κ1) is 24.8. The van der Waals surface area contributed by atoms with Gasteiger partial charge in [0, 0.05) is 30.4 Å². The summed E-state index contributed by atoms with van der Waals surface area (Å²) in [6.07, 6.45) is 1.86. The molecule has 0 unspecified atom stereocenters. The number of ether oxygens (including phenoxy) is 1. The fourth-order valence-electron chi connectivity index (χ4n) is 4.39. The van der Waals surface area contributed by atoms with E-state index in [2.05, 4.69) is 108 Å². The molecular weight excluding hydrogens is 466 g/mol. The highest BCUT2D eigenvalue weighted by atomic mass is 16.5. The molecule has 0 aliphatic heterocycles. The zero-order valence-corrected chi connectivity index (χ0v) is 21.5. The summed E-state index contributed by atoms with van der Waals surface area (Å²) in [5, 5.41) is 6.80. The highest BCUT2D eigenvalue weighted by Gasteiger charge is 2.13. The summed E-state index contributed by atoms with van der Waals surface area (Å²) < 4.78 is 5.84. The van der Waals surface area contributed by atoms with E-state index in [0.29, 0.717) is 0 Å². The number of hydrogen-bond donors (Lipinski definition) is 0. The van der Waals surface area contributed by atoms with Gasteiger partial charge in [0.15, 0.2) is 0 Å². The van der Waals surface area contributed by atoms with Gasteiger partial charge in [0.05, 0.1) is 24.7 Å². The topological polar surface area (TPSA) is 28.1 Å². The van der Waals surface area contributed by atoms with Crippen LogP contribution in [-0.4, -0.2) is 13.3 Å². The van der Waals surface area contributed by atoms with E-state index in [9.17, 15) is 0 Å². The van der Waals surface area contributed by atoms with Gasteiger partial charge in [-0.05, 0) is 47.5 Å². The average molecular weight is 498 g/mol. The Balaban J connectivity index is 1.46. The molecule has 0 atom stereocenters. The van der Waals surface area contributed by atoms with Gasteiger partial charge in [-0.15, -0.1) is 0 Å². The lowest BCUT2D eigenvalue weighted by Gasteiger charge is -2.26. The number of hydrogen-bond acceptors (Lipinski definition) is 4. The smallest absolute Gasteiger partial charge is 0.129 e. The monoisotopic (exact) mass is 497 g/mol. The maximum absolute atomic E-state index is 5.84. The van der Waals surface area contributed by atoms with Gasteiger partial charge in [-0.25, -0.2) is 5.01 Å². The van der Waals surface area contributed by atoms with Crippen LogP contribution < -0.4 is 14.6 Å². The molecule has 0 heterocycles. The molecule has 188 valence electrons. The molecule has 0 saturated heterocycles. The highest BCUT2D eigenvalue weighted by Crippen LogP contribution is 2.29. The van der Waals surface area contributed by atoms with Crippen LogP contribution in [0.2, 0.25) is 0 Å². The first-order valence-corrected chi connectivity index (χ1v) is 12.8. The standard InChI is InChI=1S/C34H31N3O/c1-38-34-24-33(36(26-28-14-6-2-7-15-28)27-29-16-8-3-9-17-29)23-22-30(34)25-35-37(31-18-10-4-11-19-31)32-20-12-5-13-21-32/h2-25H,26-27H2,1H3/b35-25+. The average Bonchev–Trinajstić information content (AvgIpc) is 2.99. The molecule has 0 radical (unpaired) electrons. The number of benzene rings is 5. The highest BCUT2D eigenvalue weighted by molar-refractivity contribution is 5.86. The van der Waals surface area contributed by atoms with Gasteiger partial charge in [-0.3, -0.25) is 0 Å². The van der Waals surface area contributed by atoms with E-state index in [1.165, 1.54) is 11.1 Å². The second-order valence-corrected chi connectivity index (χ2v) is 8.98. The predicted molar refractivity (Wildman–Crippen MR) is 158 cm³/mol. The van der Waals surface area contributed by atoms with Crippen LogP contribution in [-0.2, 0) is 13.1 Å². The third-order valence-corrected chi connectivity index (χ3v) is 6.33. The second-order valence-electron chi connectivity index (χ2n) is 8.98. The summed E-state index contributed by atoms with van der Waals surface area (Å²) in [6, 6.07) is 47.7. The van der Waals surface area contributed by atoms with E-state index >= 15 is 0 Å². The first-order valence-electron chi connectivity index (χ1n) is 12.8. The Morgan fingerprint density at radius 3 is 1.53 bits per heavy atom. The maximum Gasteiger partial charge on any atom is 0.129 e. The summed E-state index contributed by atoms with van der Waals surface area (Å²) in [7, 11) is 1.71. The minimum absolute atomic E-state index is 0.776. The third kappa shape index (κ3) is 6.29. The van der Waals surface area contributed by atoms with Crippen molar-refractivity contribution in [3.8, 4) is 5.75 Å². The third-order valence-electron chi connectivity index (χ3n) is 6.33. The van der Waals surface area contributed by atoms with Crippen LogP contribution in [0, 0.1) is 0 Å². The van der Waals surface area contributed by atoms with Crippen molar-refractivity contribution in [3.63, 3.8) is 0 Å². The number of methoxy groups -OCH3 is 1. The van der Waals surface area contributed by atoms with Gasteiger partial charge < -0.3 is 9.64 Å². The number of para-hydroxylation sites is 2. The second kappa shape index (κ2) is 12.4. The molecule has 5 aromatic rings. The van der Waals surface area contributed by atoms with Crippen LogP contribution in [0.4, 0.5) is 17.1 Å². The summed E-state index contributed by atoms with van der Waals surface area (Å²) in [5.74, 6) is 0.776. The molecule has 0 aliphatic carbocycles. The Kier molecular flexibility index (Phi) is 8.12. The van der Waals surface area contributed by atoms with Crippen molar-refractivity contribution in [1.29, 1.82) is 0 Å². The molecule has 5 rings (SSSR count). The normalized spacial score (nSPS) is 10.9. The van der Waals surface area contributed by atoms with E-state index in [1.54, 1.807) is 7.11 Å². The van der Waals surface area contributed by atoms with E-state index in [-0.39, 0.29) is 0 Å². The molecule has 0 aromatic heterocycles. The Bertz CT molecular complexity index is 1360. The van der Waals surface area contributed by atoms with Crippen molar-refractivity contribution in [3.05, 3.63) is 156 Å². The van der Waals surface area contributed by atoms with E-state index in [0.717, 1.165) is 41.5 Å². The summed E-state index contributed by atoms with van der Waals surface area (Å²) >= 11 is 0. The summed E-state index contributed by atoms with van der Waals surface area (Å²) in [6.45, 7) is 1.59. The van der Waals surface area contributed by atoms with Crippen molar-refractivity contribution < 1.29 is 4.74 Å². The van der Waals surface area contributed by atoms with Gasteiger partial charge in [0.2, 0.25) is 0 Å². The predicted octanol–water partition coefficient (Wildman–Crippen LogP) is 8.07. The maximum atomic E-state index is 5.84. The van der Waals surface area contributed by atoms with Crippen LogP contribution in [0.25, 0.3) is 0 Å². The quantitative estimate of drug-likeness (QED) is 0.144. The van der Waals surface area contributed by atoms with Crippen molar-refractivity contribution in [2.24, 2.45) is 5.10 Å². The number of hydrazone groups is 1. The van der Waals surface area contributed by atoms with Crippen molar-refractivity contribution in [2.45, 2.75) is 13.1 Å². The lowest BCUT2D eigenvalue weighted by Crippen LogP contribution is -2.22. The number of anilines is 3. The Hall–Kier alpha value is -4.83. The molecule has 38 heavy (non-hydrogen) atoms. The molecule has 0 bridgehead atoms. The van der Waals surface area contributed by atoms with Gasteiger partial charge >= 0.3 is 0 Å². The van der Waals surface area contributed by atoms with Crippen molar-refractivity contribution >= 4 is 23.3 Å². The van der Waals surface area contributed by atoms with Crippen LogP contribution in [0.5, 0.6) is 5.75 Å². The lowest BCUT2D eigenvalue weighted by atomic mass is 10.1. The van der Waals surface area contributed by atoms with Crippen molar-refractivity contribution in [1.82, 2.24) is 0 Å². The molecule has 5 aromatic carbocycles. The first-order chi connectivity index (χ1) is 18.8. The van der Waals surface area contributed by atoms with E-state index in [4.69, 9.17) is 9.84 Å². The zero-order valence-electron chi connectivity index (χ0n) is 21.5. The van der Waals surface area contributed by atoms with Crippen LogP contribution in [0.1, 0.15) is 16.7 Å². The van der Waals surface area contributed by atoms with Gasteiger partial charge in [-0.2, -0.15) is 5.10 Å². The van der Waals surface area contributed by atoms with Crippen LogP contribution in [0.3, 0.4) is 0 Å². The lowest BCUT2D eigenvalue weighted by molar-refractivity contribution is 0.414. The fourth-order valence-corrected chi connectivity index (χ4v) is 4.39. The number of rotatable bonds is 10. The van der Waals surface area contributed by atoms with Crippen molar-refractivity contribution in [2.75, 3.05) is 17.0 Å². The molecule has 0 fully saturated rings. The molecular formula is C34H31N3O. The minimum atomic E-state index is 0.776. The van der Waals surface area contributed by atoms with E-state index in [1.807, 2.05) is 47.6 Å². The Labute approximate surface area is 225 Å². The Morgan fingerprint density at radius 2 is 1.05 bits per heavy atom.